The molecule has 10 heavy (non-hydrogen) atoms. The summed E-state index contributed by atoms with van der Waals surface area (Å²) in [5, 5.41) is 2.68. The zero-order valence-corrected chi connectivity index (χ0v) is 6.14. The molecule has 0 aliphatic heterocycles. The summed E-state index contributed by atoms with van der Waals surface area (Å²) in [5.74, 6) is -0.110. The highest BCUT2D eigenvalue weighted by molar-refractivity contribution is 6.27. The number of carbonyl (C=O) groups is 1. The van der Waals surface area contributed by atoms with Gasteiger partial charge in [0.2, 0.25) is 5.91 Å². The van der Waals surface area contributed by atoms with Crippen LogP contribution in [-0.4, -0.2) is 17.8 Å². The molecule has 1 rings (SSSR count). The fourth-order valence-electron chi connectivity index (χ4n) is 0.753. The standard InChI is InChI=1S/C7H8ClNO/c8-5-7(10)9-6-3-1-2-4-6/h1-4,6H,5H2,(H,9,10). The summed E-state index contributed by atoms with van der Waals surface area (Å²) in [5.41, 5.74) is 0. The minimum atomic E-state index is -0.136. The van der Waals surface area contributed by atoms with Crippen LogP contribution in [0.1, 0.15) is 0 Å². The van der Waals surface area contributed by atoms with Crippen LogP contribution in [0.2, 0.25) is 0 Å². The molecule has 54 valence electrons. The number of alkyl halides is 1. The maximum Gasteiger partial charge on any atom is 0.235 e. The molecule has 0 spiro atoms. The summed E-state index contributed by atoms with van der Waals surface area (Å²) in [7, 11) is 0. The SMILES string of the molecule is O=C(CCl)NC1C=CC=C1. The molecule has 3 heteroatoms. The molecular formula is C7H8ClNO. The molecule has 0 fully saturated rings. The van der Waals surface area contributed by atoms with E-state index in [1.54, 1.807) is 0 Å². The van der Waals surface area contributed by atoms with Gasteiger partial charge in [-0.2, -0.15) is 0 Å². The van der Waals surface area contributed by atoms with E-state index in [9.17, 15) is 4.79 Å². The van der Waals surface area contributed by atoms with Crippen LogP contribution in [0.5, 0.6) is 0 Å². The van der Waals surface area contributed by atoms with Crippen molar-refractivity contribution in [2.24, 2.45) is 0 Å². The van der Waals surface area contributed by atoms with Crippen LogP contribution >= 0.6 is 11.6 Å². The third kappa shape index (κ3) is 1.88. The van der Waals surface area contributed by atoms with E-state index in [1.165, 1.54) is 0 Å². The van der Waals surface area contributed by atoms with Gasteiger partial charge < -0.3 is 5.32 Å². The first kappa shape index (κ1) is 7.35. The van der Waals surface area contributed by atoms with E-state index in [0.717, 1.165) is 0 Å². The number of hydrogen-bond donors (Lipinski definition) is 1. The summed E-state index contributed by atoms with van der Waals surface area (Å²) >= 11 is 5.27. The number of carbonyl (C=O) groups excluding carboxylic acids is 1. The van der Waals surface area contributed by atoms with E-state index >= 15 is 0 Å². The average Bonchev–Trinajstić information content (AvgIpc) is 2.40. The van der Waals surface area contributed by atoms with Gasteiger partial charge in [-0.25, -0.2) is 0 Å². The lowest BCUT2D eigenvalue weighted by atomic mass is 10.3. The van der Waals surface area contributed by atoms with Gasteiger partial charge in [-0.15, -0.1) is 11.6 Å². The van der Waals surface area contributed by atoms with Gasteiger partial charge in [0.15, 0.2) is 0 Å². The predicted molar refractivity (Wildman–Crippen MR) is 40.9 cm³/mol. The fraction of sp³-hybridized carbons (Fsp3) is 0.286. The van der Waals surface area contributed by atoms with E-state index in [0.29, 0.717) is 0 Å². The van der Waals surface area contributed by atoms with E-state index in [4.69, 9.17) is 11.6 Å². The second-order valence-electron chi connectivity index (χ2n) is 2.00. The summed E-state index contributed by atoms with van der Waals surface area (Å²) in [6.45, 7) is 0. The van der Waals surface area contributed by atoms with Gasteiger partial charge in [0.25, 0.3) is 0 Å². The van der Waals surface area contributed by atoms with Gasteiger partial charge in [0.1, 0.15) is 5.88 Å². The molecule has 0 saturated carbocycles. The summed E-state index contributed by atoms with van der Waals surface area (Å²) in [6.07, 6.45) is 7.56. The first-order chi connectivity index (χ1) is 4.83. The highest BCUT2D eigenvalue weighted by Crippen LogP contribution is 1.98. The first-order valence-corrected chi connectivity index (χ1v) is 3.56. The molecule has 0 heterocycles. The third-order valence-corrected chi connectivity index (χ3v) is 1.44. The first-order valence-electron chi connectivity index (χ1n) is 3.03. The van der Waals surface area contributed by atoms with Crippen molar-refractivity contribution in [3.8, 4) is 0 Å². The van der Waals surface area contributed by atoms with Crippen molar-refractivity contribution in [2.45, 2.75) is 6.04 Å². The molecule has 0 aromatic heterocycles. The van der Waals surface area contributed by atoms with Crippen LogP contribution < -0.4 is 5.32 Å². The minimum Gasteiger partial charge on any atom is -0.345 e. The molecule has 2 nitrogen and oxygen atoms in total. The Balaban J connectivity index is 2.32. The van der Waals surface area contributed by atoms with Crippen LogP contribution in [-0.2, 0) is 4.79 Å². The van der Waals surface area contributed by atoms with Crippen LogP contribution in [0.15, 0.2) is 24.3 Å². The minimum absolute atomic E-state index is 0.0260. The maximum atomic E-state index is 10.7. The zero-order chi connectivity index (χ0) is 7.40. The Morgan fingerprint density at radius 1 is 1.50 bits per heavy atom. The van der Waals surface area contributed by atoms with Crippen molar-refractivity contribution in [2.75, 3.05) is 5.88 Å². The number of allylic oxidation sites excluding steroid dienone is 2. The Bertz CT molecular complexity index is 174. The Hall–Kier alpha value is -0.760. The molecule has 1 aliphatic rings. The van der Waals surface area contributed by atoms with Gasteiger partial charge in [0.05, 0.1) is 6.04 Å². The summed E-state index contributed by atoms with van der Waals surface area (Å²) in [4.78, 5) is 10.7. The number of amides is 1. The Kier molecular flexibility index (Phi) is 2.51. The van der Waals surface area contributed by atoms with E-state index in [1.807, 2.05) is 24.3 Å². The normalized spacial score (nSPS) is 16.1. The van der Waals surface area contributed by atoms with Gasteiger partial charge in [0, 0.05) is 0 Å². The van der Waals surface area contributed by atoms with Gasteiger partial charge >= 0.3 is 0 Å². The molecule has 0 saturated heterocycles. The van der Waals surface area contributed by atoms with Crippen molar-refractivity contribution in [3.63, 3.8) is 0 Å². The molecule has 0 unspecified atom stereocenters. The Morgan fingerprint density at radius 3 is 2.60 bits per heavy atom. The molecule has 1 aliphatic carbocycles. The largest absolute Gasteiger partial charge is 0.345 e. The molecule has 0 atom stereocenters. The van der Waals surface area contributed by atoms with Crippen LogP contribution in [0.4, 0.5) is 0 Å². The Morgan fingerprint density at radius 2 is 2.10 bits per heavy atom. The van der Waals surface area contributed by atoms with Crippen molar-refractivity contribution >= 4 is 17.5 Å². The molecule has 0 aromatic rings. The lowest BCUT2D eigenvalue weighted by Gasteiger charge is -2.05. The van der Waals surface area contributed by atoms with Crippen molar-refractivity contribution in [1.29, 1.82) is 0 Å². The highest BCUT2D eigenvalue weighted by atomic mass is 35.5. The van der Waals surface area contributed by atoms with Crippen molar-refractivity contribution in [1.82, 2.24) is 5.32 Å². The van der Waals surface area contributed by atoms with Gasteiger partial charge in [-0.05, 0) is 0 Å². The topological polar surface area (TPSA) is 29.1 Å². The average molecular weight is 158 g/mol. The molecule has 0 aromatic carbocycles. The molecule has 0 bridgehead atoms. The summed E-state index contributed by atoms with van der Waals surface area (Å²) in [6, 6.07) is 0.0475. The number of rotatable bonds is 2. The monoisotopic (exact) mass is 157 g/mol. The van der Waals surface area contributed by atoms with Crippen LogP contribution in [0.3, 0.4) is 0 Å². The number of nitrogens with one attached hydrogen (secondary N) is 1. The second-order valence-corrected chi connectivity index (χ2v) is 2.26. The predicted octanol–water partition coefficient (Wildman–Crippen LogP) is 0.836. The molecule has 1 N–H and O–H groups in total. The maximum absolute atomic E-state index is 10.7. The number of halogens is 1. The van der Waals surface area contributed by atoms with E-state index in [2.05, 4.69) is 5.32 Å². The smallest absolute Gasteiger partial charge is 0.235 e. The zero-order valence-electron chi connectivity index (χ0n) is 5.38. The van der Waals surface area contributed by atoms with Gasteiger partial charge in [-0.3, -0.25) is 4.79 Å². The van der Waals surface area contributed by atoms with Crippen molar-refractivity contribution in [3.05, 3.63) is 24.3 Å². The fourth-order valence-corrected chi connectivity index (χ4v) is 0.830. The number of hydrogen-bond acceptors (Lipinski definition) is 1. The van der Waals surface area contributed by atoms with Crippen LogP contribution in [0, 0.1) is 0 Å². The van der Waals surface area contributed by atoms with Crippen molar-refractivity contribution < 1.29 is 4.79 Å². The van der Waals surface area contributed by atoms with Gasteiger partial charge in [-0.1, -0.05) is 24.3 Å². The van der Waals surface area contributed by atoms with E-state index < -0.39 is 0 Å². The highest BCUT2D eigenvalue weighted by Gasteiger charge is 2.05. The lowest BCUT2D eigenvalue weighted by molar-refractivity contribution is -0.118. The molecular weight excluding hydrogens is 150 g/mol. The second kappa shape index (κ2) is 3.42. The molecule has 0 radical (unpaired) electrons. The third-order valence-electron chi connectivity index (χ3n) is 1.20. The lowest BCUT2D eigenvalue weighted by Crippen LogP contribution is -2.31. The van der Waals surface area contributed by atoms with Crippen LogP contribution in [0.25, 0.3) is 0 Å². The quantitative estimate of drug-likeness (QED) is 0.592. The summed E-state index contributed by atoms with van der Waals surface area (Å²) < 4.78 is 0. The molecule has 1 amide bonds. The Labute approximate surface area is 64.6 Å². The van der Waals surface area contributed by atoms with E-state index in [-0.39, 0.29) is 17.8 Å².